The van der Waals surface area contributed by atoms with Crippen molar-refractivity contribution >= 4 is 29.0 Å². The summed E-state index contributed by atoms with van der Waals surface area (Å²) in [6.45, 7) is 6.37. The van der Waals surface area contributed by atoms with Crippen LogP contribution in [-0.4, -0.2) is 49.8 Å². The zero-order chi connectivity index (χ0) is 19.1. The van der Waals surface area contributed by atoms with Crippen LogP contribution < -0.4 is 10.2 Å². The summed E-state index contributed by atoms with van der Waals surface area (Å²) in [6, 6.07) is 16.7. The quantitative estimate of drug-likeness (QED) is 0.572. The number of anilines is 2. The molecule has 1 saturated heterocycles. The van der Waals surface area contributed by atoms with Crippen LogP contribution in [0.1, 0.15) is 18.4 Å². The van der Waals surface area contributed by atoms with Gasteiger partial charge in [-0.15, -0.1) is 11.8 Å². The predicted octanol–water partition coefficient (Wildman–Crippen LogP) is 4.26. The fraction of sp³-hybridized carbons (Fsp3) is 0.409. The summed E-state index contributed by atoms with van der Waals surface area (Å²) in [5.41, 5.74) is 3.30. The summed E-state index contributed by atoms with van der Waals surface area (Å²) >= 11 is 1.80. The molecule has 1 aliphatic rings. The van der Waals surface area contributed by atoms with E-state index in [2.05, 4.69) is 53.4 Å². The van der Waals surface area contributed by atoms with E-state index >= 15 is 0 Å². The Morgan fingerprint density at radius 1 is 1.07 bits per heavy atom. The molecule has 0 spiro atoms. The molecule has 0 atom stereocenters. The van der Waals surface area contributed by atoms with Crippen LogP contribution in [0.3, 0.4) is 0 Å². The van der Waals surface area contributed by atoms with Gasteiger partial charge in [-0.25, -0.2) is 0 Å². The van der Waals surface area contributed by atoms with Gasteiger partial charge in [-0.2, -0.15) is 0 Å². The van der Waals surface area contributed by atoms with Crippen molar-refractivity contribution in [2.45, 2.75) is 24.7 Å². The van der Waals surface area contributed by atoms with Crippen LogP contribution in [0.15, 0.2) is 53.4 Å². The lowest BCUT2D eigenvalue weighted by atomic mass is 10.1. The van der Waals surface area contributed by atoms with Gasteiger partial charge in [-0.1, -0.05) is 18.2 Å². The number of hydrogen-bond acceptors (Lipinski definition) is 4. The SMILES string of the molecule is Cc1cc(N2CCN(C)CC2)ccc1NC(=O)CCCSc1ccccc1. The molecule has 5 heteroatoms. The van der Waals surface area contributed by atoms with Gasteiger partial charge in [0.15, 0.2) is 0 Å². The van der Waals surface area contributed by atoms with E-state index in [1.165, 1.54) is 10.6 Å². The number of carbonyl (C=O) groups excluding carboxylic acids is 1. The molecule has 0 radical (unpaired) electrons. The highest BCUT2D eigenvalue weighted by Gasteiger charge is 2.15. The van der Waals surface area contributed by atoms with Gasteiger partial charge in [0.1, 0.15) is 0 Å². The van der Waals surface area contributed by atoms with Gasteiger partial charge in [0.05, 0.1) is 0 Å². The highest BCUT2D eigenvalue weighted by Crippen LogP contribution is 2.24. The number of nitrogens with one attached hydrogen (secondary N) is 1. The number of benzene rings is 2. The minimum absolute atomic E-state index is 0.0964. The molecule has 0 saturated carbocycles. The zero-order valence-corrected chi connectivity index (χ0v) is 17.1. The lowest BCUT2D eigenvalue weighted by Gasteiger charge is -2.34. The molecule has 0 aliphatic carbocycles. The van der Waals surface area contributed by atoms with Crippen LogP contribution in [0.4, 0.5) is 11.4 Å². The highest BCUT2D eigenvalue weighted by atomic mass is 32.2. The monoisotopic (exact) mass is 383 g/mol. The van der Waals surface area contributed by atoms with E-state index in [-0.39, 0.29) is 5.91 Å². The second-order valence-electron chi connectivity index (χ2n) is 7.10. The van der Waals surface area contributed by atoms with E-state index < -0.39 is 0 Å². The maximum absolute atomic E-state index is 12.3. The van der Waals surface area contributed by atoms with Crippen molar-refractivity contribution in [3.63, 3.8) is 0 Å². The standard InChI is InChI=1S/C22H29N3OS/c1-18-17-19(25-14-12-24(2)13-15-25)10-11-21(18)23-22(26)9-6-16-27-20-7-4-3-5-8-20/h3-5,7-8,10-11,17H,6,9,12-16H2,1-2H3,(H,23,26). The van der Waals surface area contributed by atoms with E-state index in [9.17, 15) is 4.79 Å². The Morgan fingerprint density at radius 3 is 2.52 bits per heavy atom. The number of aryl methyl sites for hydroxylation is 1. The predicted molar refractivity (Wildman–Crippen MR) is 116 cm³/mol. The fourth-order valence-electron chi connectivity index (χ4n) is 3.20. The molecule has 27 heavy (non-hydrogen) atoms. The molecule has 1 aliphatic heterocycles. The molecule has 4 nitrogen and oxygen atoms in total. The summed E-state index contributed by atoms with van der Waals surface area (Å²) in [4.78, 5) is 18.3. The molecular weight excluding hydrogens is 354 g/mol. The molecule has 1 N–H and O–H groups in total. The first-order valence-electron chi connectivity index (χ1n) is 9.63. The van der Waals surface area contributed by atoms with E-state index in [1.54, 1.807) is 11.8 Å². The number of nitrogens with zero attached hydrogens (tertiary/aromatic N) is 2. The van der Waals surface area contributed by atoms with Gasteiger partial charge < -0.3 is 15.1 Å². The molecule has 0 aromatic heterocycles. The summed E-state index contributed by atoms with van der Waals surface area (Å²) in [5, 5.41) is 3.07. The first kappa shape index (κ1) is 19.8. The normalized spacial score (nSPS) is 15.0. The Hall–Kier alpha value is -1.98. The van der Waals surface area contributed by atoms with Crippen molar-refractivity contribution in [1.82, 2.24) is 4.90 Å². The van der Waals surface area contributed by atoms with Gasteiger partial charge in [0.2, 0.25) is 5.91 Å². The zero-order valence-electron chi connectivity index (χ0n) is 16.3. The number of carbonyl (C=O) groups is 1. The summed E-state index contributed by atoms with van der Waals surface area (Å²) in [5.74, 6) is 1.05. The molecule has 1 amide bonds. The fourth-order valence-corrected chi connectivity index (χ4v) is 4.08. The largest absolute Gasteiger partial charge is 0.369 e. The van der Waals surface area contributed by atoms with Gasteiger partial charge in [0, 0.05) is 48.9 Å². The van der Waals surface area contributed by atoms with Crippen molar-refractivity contribution in [3.05, 3.63) is 54.1 Å². The Balaban J connectivity index is 1.45. The van der Waals surface area contributed by atoms with Crippen molar-refractivity contribution in [3.8, 4) is 0 Å². The number of likely N-dealkylation sites (N-methyl/N-ethyl adjacent to an activating group) is 1. The number of piperazine rings is 1. The third-order valence-electron chi connectivity index (χ3n) is 4.91. The second kappa shape index (κ2) is 9.81. The van der Waals surface area contributed by atoms with E-state index in [1.807, 2.05) is 24.3 Å². The number of hydrogen-bond donors (Lipinski definition) is 1. The molecule has 2 aromatic rings. The topological polar surface area (TPSA) is 35.6 Å². The molecule has 1 fully saturated rings. The average molecular weight is 384 g/mol. The molecule has 3 rings (SSSR count). The first-order valence-corrected chi connectivity index (χ1v) is 10.6. The molecule has 1 heterocycles. The number of thioether (sulfide) groups is 1. The molecular formula is C22H29N3OS. The smallest absolute Gasteiger partial charge is 0.224 e. The Bertz CT molecular complexity index is 742. The molecule has 144 valence electrons. The molecule has 2 aromatic carbocycles. The van der Waals surface area contributed by atoms with Crippen LogP contribution in [0, 0.1) is 6.92 Å². The van der Waals surface area contributed by atoms with Crippen LogP contribution in [-0.2, 0) is 4.79 Å². The van der Waals surface area contributed by atoms with Crippen molar-refractivity contribution in [2.24, 2.45) is 0 Å². The Morgan fingerprint density at radius 2 is 1.81 bits per heavy atom. The van der Waals surface area contributed by atoms with E-state index in [0.29, 0.717) is 6.42 Å². The molecule has 0 bridgehead atoms. The molecule has 0 unspecified atom stereocenters. The second-order valence-corrected chi connectivity index (χ2v) is 8.27. The lowest BCUT2D eigenvalue weighted by Crippen LogP contribution is -2.44. The number of amides is 1. The third kappa shape index (κ3) is 6.01. The average Bonchev–Trinajstić information content (AvgIpc) is 2.68. The van der Waals surface area contributed by atoms with Crippen LogP contribution in [0.2, 0.25) is 0 Å². The van der Waals surface area contributed by atoms with Crippen LogP contribution in [0.25, 0.3) is 0 Å². The van der Waals surface area contributed by atoms with E-state index in [0.717, 1.165) is 49.6 Å². The summed E-state index contributed by atoms with van der Waals surface area (Å²) in [6.07, 6.45) is 1.43. The maximum Gasteiger partial charge on any atom is 0.224 e. The van der Waals surface area contributed by atoms with Gasteiger partial charge in [-0.3, -0.25) is 4.79 Å². The Labute approximate surface area is 166 Å². The van der Waals surface area contributed by atoms with Crippen molar-refractivity contribution in [2.75, 3.05) is 49.2 Å². The van der Waals surface area contributed by atoms with Gasteiger partial charge in [0.25, 0.3) is 0 Å². The Kier molecular flexibility index (Phi) is 7.18. The van der Waals surface area contributed by atoms with E-state index in [4.69, 9.17) is 0 Å². The van der Waals surface area contributed by atoms with Crippen LogP contribution >= 0.6 is 11.8 Å². The number of rotatable bonds is 7. The summed E-state index contributed by atoms with van der Waals surface area (Å²) < 4.78 is 0. The first-order chi connectivity index (χ1) is 13.1. The van der Waals surface area contributed by atoms with Gasteiger partial charge >= 0.3 is 0 Å². The summed E-state index contributed by atoms with van der Waals surface area (Å²) in [7, 11) is 2.17. The van der Waals surface area contributed by atoms with Crippen molar-refractivity contribution in [1.29, 1.82) is 0 Å². The van der Waals surface area contributed by atoms with Crippen LogP contribution in [0.5, 0.6) is 0 Å². The lowest BCUT2D eigenvalue weighted by molar-refractivity contribution is -0.116. The third-order valence-corrected chi connectivity index (χ3v) is 6.01. The minimum Gasteiger partial charge on any atom is -0.369 e. The maximum atomic E-state index is 12.3. The van der Waals surface area contributed by atoms with Gasteiger partial charge in [-0.05, 0) is 62.0 Å². The van der Waals surface area contributed by atoms with Crippen molar-refractivity contribution < 1.29 is 4.79 Å². The minimum atomic E-state index is 0.0964. The highest BCUT2D eigenvalue weighted by molar-refractivity contribution is 7.99.